The molecule has 0 amide bonds. The van der Waals surface area contributed by atoms with Gasteiger partial charge in [0.2, 0.25) is 0 Å². The average molecular weight is 679 g/mol. The molecule has 11 heteroatoms. The molecule has 3 aliphatic rings. The molecule has 244 valence electrons. The van der Waals surface area contributed by atoms with Crippen molar-refractivity contribution in [2.75, 3.05) is 10.6 Å². The number of nitrogens with one attached hydrogen (secondary N) is 3. The SMILES string of the molecule is CC(C)(C)CC(C)(C)S(=O)c1cc(Nc2ccccc2)c2c3c1nc(=O)/c(=C1/Nc4ccccc4S(=O)(=O)N1)c=3c1ccccc1c2=O. The van der Waals surface area contributed by atoms with Crippen LogP contribution in [0.15, 0.2) is 104 Å². The second-order valence-electron chi connectivity index (χ2n) is 13.9. The van der Waals surface area contributed by atoms with Crippen molar-refractivity contribution >= 4 is 65.4 Å². The van der Waals surface area contributed by atoms with Gasteiger partial charge in [-0.3, -0.25) is 18.5 Å². The van der Waals surface area contributed by atoms with Crippen LogP contribution in [0.3, 0.4) is 0 Å². The van der Waals surface area contributed by atoms with Gasteiger partial charge in [-0.2, -0.15) is 0 Å². The van der Waals surface area contributed by atoms with Crippen LogP contribution in [0, 0.1) is 15.9 Å². The lowest BCUT2D eigenvalue weighted by molar-refractivity contribution is 0.335. The maximum Gasteiger partial charge on any atom is 0.281 e. The van der Waals surface area contributed by atoms with Crippen molar-refractivity contribution in [1.82, 2.24) is 9.71 Å². The van der Waals surface area contributed by atoms with Crippen LogP contribution in [-0.4, -0.2) is 22.4 Å². The fourth-order valence-electron chi connectivity index (χ4n) is 6.99. The van der Waals surface area contributed by atoms with Gasteiger partial charge in [-0.15, -0.1) is 0 Å². The first-order valence-corrected chi connectivity index (χ1v) is 18.2. The number of aromatic nitrogens is 1. The van der Waals surface area contributed by atoms with Gasteiger partial charge in [0.1, 0.15) is 10.7 Å². The van der Waals surface area contributed by atoms with E-state index >= 15 is 0 Å². The zero-order valence-electron chi connectivity index (χ0n) is 27.1. The van der Waals surface area contributed by atoms with Crippen molar-refractivity contribution in [1.29, 1.82) is 0 Å². The summed E-state index contributed by atoms with van der Waals surface area (Å²) in [5.74, 6) is -0.0737. The molecule has 0 bridgehead atoms. The Morgan fingerprint density at radius 1 is 0.812 bits per heavy atom. The maximum absolute atomic E-state index is 14.7. The Balaban J connectivity index is 1.72. The number of sulfonamides is 1. The zero-order chi connectivity index (χ0) is 34.2. The summed E-state index contributed by atoms with van der Waals surface area (Å²) < 4.78 is 43.4. The number of hydrogen-bond donors (Lipinski definition) is 3. The van der Waals surface area contributed by atoms with Crippen LogP contribution in [0.1, 0.15) is 41.0 Å². The van der Waals surface area contributed by atoms with E-state index in [0.29, 0.717) is 49.6 Å². The number of benzene rings is 4. The van der Waals surface area contributed by atoms with Crippen molar-refractivity contribution in [3.63, 3.8) is 0 Å². The lowest BCUT2D eigenvalue weighted by Gasteiger charge is -2.32. The van der Waals surface area contributed by atoms with E-state index in [-0.39, 0.29) is 37.7 Å². The maximum atomic E-state index is 14.7. The Bertz CT molecular complexity index is 2660. The summed E-state index contributed by atoms with van der Waals surface area (Å²) in [5, 5.41) is 8.16. The molecule has 1 aliphatic carbocycles. The Morgan fingerprint density at radius 2 is 1.46 bits per heavy atom. The van der Waals surface area contributed by atoms with Gasteiger partial charge >= 0.3 is 0 Å². The van der Waals surface area contributed by atoms with Crippen molar-refractivity contribution in [2.24, 2.45) is 5.41 Å². The van der Waals surface area contributed by atoms with Crippen molar-refractivity contribution in [3.05, 3.63) is 121 Å². The number of hydrogen-bond acceptors (Lipinski definition) is 8. The van der Waals surface area contributed by atoms with E-state index < -0.39 is 31.1 Å². The molecule has 2 aliphatic heterocycles. The highest BCUT2D eigenvalue weighted by Gasteiger charge is 2.35. The number of rotatable bonds is 5. The highest BCUT2D eigenvalue weighted by atomic mass is 32.2. The van der Waals surface area contributed by atoms with Crippen LogP contribution in [0.2, 0.25) is 0 Å². The summed E-state index contributed by atoms with van der Waals surface area (Å²) in [4.78, 5) is 33.6. The van der Waals surface area contributed by atoms with Crippen LogP contribution < -0.4 is 31.6 Å². The zero-order valence-corrected chi connectivity index (χ0v) is 28.7. The molecule has 0 saturated heterocycles. The second kappa shape index (κ2) is 11.1. The Kier molecular flexibility index (Phi) is 7.33. The minimum atomic E-state index is -4.07. The summed E-state index contributed by atoms with van der Waals surface area (Å²) in [7, 11) is -5.76. The van der Waals surface area contributed by atoms with Gasteiger partial charge in [0.25, 0.3) is 15.6 Å². The fraction of sp³-hybridized carbons (Fsp3) is 0.216. The van der Waals surface area contributed by atoms with E-state index in [4.69, 9.17) is 0 Å². The van der Waals surface area contributed by atoms with E-state index in [1.165, 1.54) is 6.07 Å². The van der Waals surface area contributed by atoms with Gasteiger partial charge in [0.15, 0.2) is 5.43 Å². The largest absolute Gasteiger partial charge is 0.355 e. The van der Waals surface area contributed by atoms with E-state index in [1.807, 2.05) is 44.2 Å². The molecule has 0 radical (unpaired) electrons. The number of para-hydroxylation sites is 2. The van der Waals surface area contributed by atoms with Crippen LogP contribution in [0.25, 0.3) is 27.5 Å². The molecular weight excluding hydrogens is 645 g/mol. The fourth-order valence-corrected chi connectivity index (χ4v) is 9.89. The van der Waals surface area contributed by atoms with E-state index in [2.05, 4.69) is 41.1 Å². The molecule has 3 N–H and O–H groups in total. The van der Waals surface area contributed by atoms with Gasteiger partial charge in [0, 0.05) is 26.3 Å². The minimum absolute atomic E-state index is 0.0352. The van der Waals surface area contributed by atoms with Gasteiger partial charge in [0.05, 0.1) is 43.2 Å². The van der Waals surface area contributed by atoms with Gasteiger partial charge in [-0.1, -0.05) is 75.4 Å². The highest BCUT2D eigenvalue weighted by Crippen LogP contribution is 2.38. The van der Waals surface area contributed by atoms with Crippen LogP contribution in [-0.2, 0) is 20.8 Å². The quantitative estimate of drug-likeness (QED) is 0.217. The Labute approximate surface area is 279 Å². The minimum Gasteiger partial charge on any atom is -0.355 e. The predicted molar refractivity (Wildman–Crippen MR) is 192 cm³/mol. The molecule has 0 saturated carbocycles. The molecule has 9 nitrogen and oxygen atoms in total. The summed E-state index contributed by atoms with van der Waals surface area (Å²) >= 11 is 0. The van der Waals surface area contributed by atoms with Gasteiger partial charge < -0.3 is 10.6 Å². The third-order valence-electron chi connectivity index (χ3n) is 8.49. The lowest BCUT2D eigenvalue weighted by Crippen LogP contribution is -2.43. The third kappa shape index (κ3) is 5.27. The molecule has 0 fully saturated rings. The molecule has 0 spiro atoms. The molecule has 0 aromatic heterocycles. The van der Waals surface area contributed by atoms with Gasteiger partial charge in [-0.25, -0.2) is 13.4 Å². The molecule has 1 atom stereocenters. The lowest BCUT2D eigenvalue weighted by atomic mass is 9.86. The van der Waals surface area contributed by atoms with Crippen LogP contribution in [0.5, 0.6) is 0 Å². The normalized spacial score (nSPS) is 16.4. The standard InChI is InChI=1S/C37H34N4O5S2/c1-36(2,3)20-37(4,5)47(44)26-19-25(38-21-13-7-6-8-14-21)29-30-28(22-15-9-10-16-23(22)33(29)42)31(35(43)40-32(26)30)34-39-24-17-11-12-18-27(24)48(45,46)41-34/h6-19,38-39,41H,20H2,1-5H3/b34-31-. The number of fused-ring (bicyclic) bond motifs is 3. The van der Waals surface area contributed by atoms with Gasteiger partial charge in [-0.05, 0) is 61.4 Å². The first kappa shape index (κ1) is 31.7. The van der Waals surface area contributed by atoms with Crippen LogP contribution in [0.4, 0.5) is 17.1 Å². The highest BCUT2D eigenvalue weighted by molar-refractivity contribution is 7.90. The Morgan fingerprint density at radius 3 is 2.17 bits per heavy atom. The topological polar surface area (TPSA) is 134 Å². The average Bonchev–Trinajstić information content (AvgIpc) is 3.02. The van der Waals surface area contributed by atoms with Crippen molar-refractivity contribution in [3.8, 4) is 0 Å². The van der Waals surface area contributed by atoms with E-state index in [9.17, 15) is 22.2 Å². The predicted octanol–water partition coefficient (Wildman–Crippen LogP) is 5.53. The van der Waals surface area contributed by atoms with Crippen molar-refractivity contribution < 1.29 is 12.6 Å². The van der Waals surface area contributed by atoms with E-state index in [1.54, 1.807) is 48.5 Å². The smallest absolute Gasteiger partial charge is 0.281 e. The second-order valence-corrected chi connectivity index (χ2v) is 17.7. The number of anilines is 3. The summed E-state index contributed by atoms with van der Waals surface area (Å²) in [6, 6.07) is 24.3. The molecular formula is C37H34N4O5S2. The molecule has 7 rings (SSSR count). The molecule has 2 heterocycles. The van der Waals surface area contributed by atoms with Crippen molar-refractivity contribution in [2.45, 2.75) is 55.6 Å². The first-order chi connectivity index (χ1) is 22.7. The number of nitrogens with zero attached hydrogens (tertiary/aromatic N) is 1. The molecule has 48 heavy (non-hydrogen) atoms. The summed E-state index contributed by atoms with van der Waals surface area (Å²) in [6.45, 7) is 10.1. The summed E-state index contributed by atoms with van der Waals surface area (Å²) in [5.41, 5.74) is 0.363. The molecule has 4 aromatic carbocycles. The monoisotopic (exact) mass is 678 g/mol. The van der Waals surface area contributed by atoms with E-state index in [0.717, 1.165) is 0 Å². The Hall–Kier alpha value is -4.87. The third-order valence-corrected chi connectivity index (χ3v) is 11.8. The summed E-state index contributed by atoms with van der Waals surface area (Å²) in [6.07, 6.45) is 0.595. The molecule has 1 unspecified atom stereocenters. The van der Waals surface area contributed by atoms with Crippen LogP contribution >= 0.6 is 0 Å². The first-order valence-electron chi connectivity index (χ1n) is 15.5. The molecule has 4 aromatic rings.